The van der Waals surface area contributed by atoms with Gasteiger partial charge in [-0.25, -0.2) is 0 Å². The molecule has 0 aliphatic carbocycles. The lowest BCUT2D eigenvalue weighted by Crippen LogP contribution is -2.32. The van der Waals surface area contributed by atoms with Gasteiger partial charge in [0.15, 0.2) is 0 Å². The van der Waals surface area contributed by atoms with Gasteiger partial charge >= 0.3 is 0 Å². The smallest absolute Gasteiger partial charge is 0.0453 e. The standard InChI is InChI=1S/C16H25ClN2/c1-14(15-8-3-4-9-16(15)17)18-10-7-13-19-11-5-2-6-12-19/h3-4,8-9,14,18H,2,5-7,10-13H2,1H3. The van der Waals surface area contributed by atoms with Crippen molar-refractivity contribution in [2.75, 3.05) is 26.2 Å². The summed E-state index contributed by atoms with van der Waals surface area (Å²) >= 11 is 6.21. The first-order valence-electron chi connectivity index (χ1n) is 7.47. The second-order valence-corrected chi connectivity index (χ2v) is 5.86. The molecule has 1 atom stereocenters. The number of hydrogen-bond acceptors (Lipinski definition) is 2. The third kappa shape index (κ3) is 4.79. The Morgan fingerprint density at radius 2 is 1.95 bits per heavy atom. The Bertz CT molecular complexity index is 375. The topological polar surface area (TPSA) is 15.3 Å². The maximum atomic E-state index is 6.21. The number of likely N-dealkylation sites (tertiary alicyclic amines) is 1. The fourth-order valence-corrected chi connectivity index (χ4v) is 3.04. The molecule has 19 heavy (non-hydrogen) atoms. The van der Waals surface area contributed by atoms with Gasteiger partial charge in [-0.3, -0.25) is 0 Å². The molecule has 0 spiro atoms. The normalized spacial score (nSPS) is 18.4. The third-order valence-corrected chi connectivity index (χ3v) is 4.27. The van der Waals surface area contributed by atoms with Crippen molar-refractivity contribution in [2.45, 2.75) is 38.6 Å². The Labute approximate surface area is 122 Å². The van der Waals surface area contributed by atoms with Crippen molar-refractivity contribution in [3.8, 4) is 0 Å². The van der Waals surface area contributed by atoms with Crippen molar-refractivity contribution in [3.63, 3.8) is 0 Å². The van der Waals surface area contributed by atoms with Crippen LogP contribution in [0.15, 0.2) is 24.3 Å². The highest BCUT2D eigenvalue weighted by Crippen LogP contribution is 2.21. The molecule has 1 heterocycles. The molecule has 0 radical (unpaired) electrons. The molecule has 106 valence electrons. The summed E-state index contributed by atoms with van der Waals surface area (Å²) in [4.78, 5) is 2.59. The van der Waals surface area contributed by atoms with E-state index in [1.807, 2.05) is 18.2 Å². The van der Waals surface area contributed by atoms with Gasteiger partial charge in [-0.1, -0.05) is 36.2 Å². The summed E-state index contributed by atoms with van der Waals surface area (Å²) in [6, 6.07) is 8.42. The van der Waals surface area contributed by atoms with Gasteiger partial charge in [0.2, 0.25) is 0 Å². The van der Waals surface area contributed by atoms with Crippen LogP contribution >= 0.6 is 11.6 Å². The van der Waals surface area contributed by atoms with Crippen molar-refractivity contribution < 1.29 is 0 Å². The summed E-state index contributed by atoms with van der Waals surface area (Å²) in [7, 11) is 0. The predicted molar refractivity (Wildman–Crippen MR) is 82.8 cm³/mol. The molecule has 1 N–H and O–H groups in total. The fourth-order valence-electron chi connectivity index (χ4n) is 2.74. The van der Waals surface area contributed by atoms with Crippen LogP contribution in [0, 0.1) is 0 Å². The number of nitrogens with one attached hydrogen (secondary N) is 1. The lowest BCUT2D eigenvalue weighted by atomic mass is 10.1. The van der Waals surface area contributed by atoms with Gasteiger partial charge < -0.3 is 10.2 Å². The van der Waals surface area contributed by atoms with E-state index < -0.39 is 0 Å². The minimum absolute atomic E-state index is 0.329. The van der Waals surface area contributed by atoms with Crippen LogP contribution in [0.5, 0.6) is 0 Å². The van der Waals surface area contributed by atoms with Crippen molar-refractivity contribution in [3.05, 3.63) is 34.9 Å². The summed E-state index contributed by atoms with van der Waals surface area (Å²) in [6.07, 6.45) is 5.39. The minimum atomic E-state index is 0.329. The van der Waals surface area contributed by atoms with E-state index in [0.717, 1.165) is 11.6 Å². The molecular weight excluding hydrogens is 256 g/mol. The Hall–Kier alpha value is -0.570. The molecule has 1 unspecified atom stereocenters. The molecule has 0 saturated carbocycles. The lowest BCUT2D eigenvalue weighted by molar-refractivity contribution is 0.225. The van der Waals surface area contributed by atoms with Gasteiger partial charge in [-0.15, -0.1) is 0 Å². The van der Waals surface area contributed by atoms with E-state index in [1.54, 1.807) is 0 Å². The van der Waals surface area contributed by atoms with Gasteiger partial charge in [-0.2, -0.15) is 0 Å². The second kappa shape index (κ2) is 7.88. The second-order valence-electron chi connectivity index (χ2n) is 5.45. The first-order chi connectivity index (χ1) is 9.27. The van der Waals surface area contributed by atoms with E-state index in [9.17, 15) is 0 Å². The van der Waals surface area contributed by atoms with Crippen LogP contribution in [0.25, 0.3) is 0 Å². The van der Waals surface area contributed by atoms with Gasteiger partial charge in [0.1, 0.15) is 0 Å². The van der Waals surface area contributed by atoms with E-state index in [2.05, 4.69) is 23.2 Å². The van der Waals surface area contributed by atoms with Crippen LogP contribution in [0.4, 0.5) is 0 Å². The Morgan fingerprint density at radius 1 is 1.21 bits per heavy atom. The summed E-state index contributed by atoms with van der Waals surface area (Å²) < 4.78 is 0. The molecule has 1 aromatic carbocycles. The molecule has 1 aromatic rings. The molecule has 0 aromatic heterocycles. The minimum Gasteiger partial charge on any atom is -0.310 e. The maximum Gasteiger partial charge on any atom is 0.0453 e. The summed E-state index contributed by atoms with van der Waals surface area (Å²) in [5.74, 6) is 0. The highest BCUT2D eigenvalue weighted by molar-refractivity contribution is 6.31. The molecule has 2 rings (SSSR count). The van der Waals surface area contributed by atoms with Crippen LogP contribution in [0.1, 0.15) is 44.2 Å². The highest BCUT2D eigenvalue weighted by Gasteiger charge is 2.10. The number of hydrogen-bond donors (Lipinski definition) is 1. The van der Waals surface area contributed by atoms with Crippen LogP contribution in [-0.2, 0) is 0 Å². The van der Waals surface area contributed by atoms with Crippen LogP contribution in [-0.4, -0.2) is 31.1 Å². The van der Waals surface area contributed by atoms with E-state index in [4.69, 9.17) is 11.6 Å². The van der Waals surface area contributed by atoms with E-state index in [-0.39, 0.29) is 0 Å². The molecule has 0 amide bonds. The molecular formula is C16H25ClN2. The predicted octanol–water partition coefficient (Wildman–Crippen LogP) is 3.87. The molecule has 1 saturated heterocycles. The zero-order chi connectivity index (χ0) is 13.5. The van der Waals surface area contributed by atoms with Crippen molar-refractivity contribution in [1.82, 2.24) is 10.2 Å². The highest BCUT2D eigenvalue weighted by atomic mass is 35.5. The quantitative estimate of drug-likeness (QED) is 0.796. The number of halogens is 1. The number of benzene rings is 1. The molecule has 0 bridgehead atoms. The van der Waals surface area contributed by atoms with Gasteiger partial charge in [0.05, 0.1) is 0 Å². The van der Waals surface area contributed by atoms with Gasteiger partial charge in [-0.05, 0) is 64.0 Å². The van der Waals surface area contributed by atoms with Gasteiger partial charge in [0, 0.05) is 11.1 Å². The number of piperidine rings is 1. The lowest BCUT2D eigenvalue weighted by Gasteiger charge is -2.26. The van der Waals surface area contributed by atoms with Crippen molar-refractivity contribution in [1.29, 1.82) is 0 Å². The maximum absolute atomic E-state index is 6.21. The van der Waals surface area contributed by atoms with E-state index in [1.165, 1.54) is 50.9 Å². The number of nitrogens with zero attached hydrogens (tertiary/aromatic N) is 1. The first-order valence-corrected chi connectivity index (χ1v) is 7.85. The SMILES string of the molecule is CC(NCCCN1CCCCC1)c1ccccc1Cl. The van der Waals surface area contributed by atoms with Crippen LogP contribution in [0.2, 0.25) is 5.02 Å². The largest absolute Gasteiger partial charge is 0.310 e. The zero-order valence-electron chi connectivity index (χ0n) is 11.9. The average Bonchev–Trinajstić information content (AvgIpc) is 2.45. The average molecular weight is 281 g/mol. The Kier molecular flexibility index (Phi) is 6.15. The van der Waals surface area contributed by atoms with Crippen molar-refractivity contribution >= 4 is 11.6 Å². The first kappa shape index (κ1) is 14.8. The van der Waals surface area contributed by atoms with Crippen LogP contribution in [0.3, 0.4) is 0 Å². The summed E-state index contributed by atoms with van der Waals surface area (Å²) in [5, 5.41) is 4.43. The van der Waals surface area contributed by atoms with E-state index in [0.29, 0.717) is 6.04 Å². The molecule has 1 aliphatic rings. The summed E-state index contributed by atoms with van der Waals surface area (Å²) in [6.45, 7) is 7.05. The third-order valence-electron chi connectivity index (χ3n) is 3.92. The summed E-state index contributed by atoms with van der Waals surface area (Å²) in [5.41, 5.74) is 1.20. The number of rotatable bonds is 6. The molecule has 1 fully saturated rings. The monoisotopic (exact) mass is 280 g/mol. The van der Waals surface area contributed by atoms with Gasteiger partial charge in [0.25, 0.3) is 0 Å². The van der Waals surface area contributed by atoms with Crippen molar-refractivity contribution in [2.24, 2.45) is 0 Å². The fraction of sp³-hybridized carbons (Fsp3) is 0.625. The molecule has 1 aliphatic heterocycles. The Morgan fingerprint density at radius 3 is 2.68 bits per heavy atom. The Balaban J connectivity index is 1.66. The molecule has 3 heteroatoms. The zero-order valence-corrected chi connectivity index (χ0v) is 12.6. The van der Waals surface area contributed by atoms with E-state index >= 15 is 0 Å². The van der Waals surface area contributed by atoms with Crippen LogP contribution < -0.4 is 5.32 Å². The molecule has 2 nitrogen and oxygen atoms in total.